The van der Waals surface area contributed by atoms with Crippen molar-refractivity contribution < 1.29 is 17.9 Å². The number of halogens is 1. The predicted octanol–water partition coefficient (Wildman–Crippen LogP) is 3.65. The molecular weight excluding hydrogens is 536 g/mol. The average Bonchev–Trinajstić information content (AvgIpc) is 2.86. The molecule has 0 radical (unpaired) electrons. The van der Waals surface area contributed by atoms with Crippen molar-refractivity contribution in [2.45, 2.75) is 11.0 Å². The summed E-state index contributed by atoms with van der Waals surface area (Å²) in [5.41, 5.74) is 2.08. The Morgan fingerprint density at radius 2 is 1.97 bits per heavy atom. The highest BCUT2D eigenvalue weighted by atomic mass is 79.9. The van der Waals surface area contributed by atoms with E-state index in [9.17, 15) is 8.42 Å². The largest absolute Gasteiger partial charge is 0.495 e. The molecule has 0 saturated carbocycles. The molecule has 1 saturated heterocycles. The molecule has 2 heterocycles. The van der Waals surface area contributed by atoms with Gasteiger partial charge < -0.3 is 25.4 Å². The minimum atomic E-state index is -3.66. The second-order valence-corrected chi connectivity index (χ2v) is 10.9. The molecule has 3 N–H and O–H groups in total. The van der Waals surface area contributed by atoms with Crippen LogP contribution in [0.1, 0.15) is 11.7 Å². The highest BCUT2D eigenvalue weighted by Gasteiger charge is 2.22. The maximum Gasteiger partial charge on any atom is 0.244 e. The van der Waals surface area contributed by atoms with Crippen LogP contribution >= 0.6 is 15.9 Å². The van der Waals surface area contributed by atoms with Gasteiger partial charge in [0.2, 0.25) is 16.0 Å². The van der Waals surface area contributed by atoms with Crippen LogP contribution in [-0.4, -0.2) is 63.6 Å². The van der Waals surface area contributed by atoms with Gasteiger partial charge in [-0.25, -0.2) is 17.7 Å². The first-order valence-corrected chi connectivity index (χ1v) is 13.1. The molecule has 1 unspecified atom stereocenters. The first kappa shape index (κ1) is 25.3. The van der Waals surface area contributed by atoms with Gasteiger partial charge in [-0.3, -0.25) is 0 Å². The van der Waals surface area contributed by atoms with E-state index in [1.165, 1.54) is 18.4 Å². The van der Waals surface area contributed by atoms with Crippen LogP contribution in [0.5, 0.6) is 5.75 Å². The third-order valence-corrected chi connectivity index (χ3v) is 7.87. The molecule has 0 aliphatic carbocycles. The highest BCUT2D eigenvalue weighted by molar-refractivity contribution is 9.10. The predicted molar refractivity (Wildman–Crippen MR) is 138 cm³/mol. The van der Waals surface area contributed by atoms with Crippen molar-refractivity contribution in [3.63, 3.8) is 0 Å². The zero-order valence-corrected chi connectivity index (χ0v) is 22.0. The Morgan fingerprint density at radius 1 is 1.17 bits per heavy atom. The molecular formula is C23H27BrN6O4S. The van der Waals surface area contributed by atoms with E-state index in [-0.39, 0.29) is 11.0 Å². The molecule has 4 rings (SSSR count). The van der Waals surface area contributed by atoms with E-state index in [4.69, 9.17) is 9.47 Å². The summed E-state index contributed by atoms with van der Waals surface area (Å²) in [6, 6.07) is 12.5. The molecule has 3 aromatic rings. The second kappa shape index (κ2) is 10.9. The molecule has 0 bridgehead atoms. The molecule has 186 valence electrons. The lowest BCUT2D eigenvalue weighted by Crippen LogP contribution is -2.33. The zero-order valence-electron chi connectivity index (χ0n) is 19.6. The van der Waals surface area contributed by atoms with E-state index in [1.54, 1.807) is 37.6 Å². The Balaban J connectivity index is 1.63. The number of nitrogens with one attached hydrogen (secondary N) is 3. The Hall–Kier alpha value is -2.77. The number of rotatable bonds is 8. The highest BCUT2D eigenvalue weighted by Crippen LogP contribution is 2.33. The number of methoxy groups -OCH3 is 1. The van der Waals surface area contributed by atoms with Crippen molar-refractivity contribution in [3.05, 3.63) is 58.7 Å². The number of benzene rings is 2. The Kier molecular flexibility index (Phi) is 7.87. The molecule has 2 aromatic carbocycles. The van der Waals surface area contributed by atoms with Gasteiger partial charge in [0.25, 0.3) is 0 Å². The summed E-state index contributed by atoms with van der Waals surface area (Å²) >= 11 is 3.45. The Morgan fingerprint density at radius 3 is 2.69 bits per heavy atom. The Labute approximate surface area is 213 Å². The van der Waals surface area contributed by atoms with Gasteiger partial charge in [0.05, 0.1) is 35.7 Å². The van der Waals surface area contributed by atoms with Gasteiger partial charge in [0.1, 0.15) is 16.5 Å². The number of hydrogen-bond acceptors (Lipinski definition) is 9. The van der Waals surface area contributed by atoms with E-state index >= 15 is 0 Å². The van der Waals surface area contributed by atoms with Gasteiger partial charge in [0.15, 0.2) is 0 Å². The fraction of sp³-hybridized carbons (Fsp3) is 0.304. The maximum atomic E-state index is 12.8. The summed E-state index contributed by atoms with van der Waals surface area (Å²) < 4.78 is 38.7. The molecule has 0 amide bonds. The summed E-state index contributed by atoms with van der Waals surface area (Å²) in [7, 11) is 0.914. The van der Waals surface area contributed by atoms with E-state index < -0.39 is 10.0 Å². The van der Waals surface area contributed by atoms with Crippen LogP contribution in [-0.2, 0) is 14.8 Å². The fourth-order valence-corrected chi connectivity index (χ4v) is 4.89. The van der Waals surface area contributed by atoms with Crippen LogP contribution < -0.4 is 20.7 Å². The lowest BCUT2D eigenvalue weighted by molar-refractivity contribution is 0.0277. The second-order valence-electron chi connectivity index (χ2n) is 7.95. The van der Waals surface area contributed by atoms with E-state index in [0.29, 0.717) is 40.0 Å². The molecule has 1 aliphatic rings. The maximum absolute atomic E-state index is 12.8. The molecule has 1 fully saturated rings. The SMILES string of the molecule is COc1ccc(C2CNCCO2)cc1Nc1ncc(Br)c(Nc2ccccc2S(=O)(=O)N(C)C)n1. The van der Waals surface area contributed by atoms with Crippen molar-refractivity contribution in [2.75, 3.05) is 51.5 Å². The minimum Gasteiger partial charge on any atom is -0.495 e. The van der Waals surface area contributed by atoms with Crippen molar-refractivity contribution in [3.8, 4) is 5.75 Å². The third kappa shape index (κ3) is 5.73. The molecule has 1 aromatic heterocycles. The van der Waals surface area contributed by atoms with Crippen molar-refractivity contribution in [2.24, 2.45) is 0 Å². The number of aromatic nitrogens is 2. The molecule has 35 heavy (non-hydrogen) atoms. The molecule has 12 heteroatoms. The number of hydrogen-bond donors (Lipinski definition) is 3. The summed E-state index contributed by atoms with van der Waals surface area (Å²) in [4.78, 5) is 9.06. The number of ether oxygens (including phenoxy) is 2. The van der Waals surface area contributed by atoms with Crippen LogP contribution in [0.15, 0.2) is 58.0 Å². The molecule has 1 atom stereocenters. The van der Waals surface area contributed by atoms with Crippen LogP contribution in [0.25, 0.3) is 0 Å². The summed E-state index contributed by atoms with van der Waals surface area (Å²) in [5.74, 6) is 1.33. The smallest absolute Gasteiger partial charge is 0.244 e. The Bertz CT molecular complexity index is 1300. The number of para-hydroxylation sites is 1. The monoisotopic (exact) mass is 562 g/mol. The standard InChI is InChI=1S/C23H27BrN6O4S/c1-30(2)35(31,32)21-7-5-4-6-17(21)27-22-16(24)13-26-23(29-22)28-18-12-15(8-9-19(18)33-3)20-14-25-10-11-34-20/h4-9,12-13,20,25H,10-11,14H2,1-3H3,(H2,26,27,28,29). The zero-order chi connectivity index (χ0) is 25.0. The van der Waals surface area contributed by atoms with Crippen LogP contribution in [0.3, 0.4) is 0 Å². The summed E-state index contributed by atoms with van der Waals surface area (Å²) in [6.07, 6.45) is 1.53. The van der Waals surface area contributed by atoms with Crippen LogP contribution in [0, 0.1) is 0 Å². The van der Waals surface area contributed by atoms with Gasteiger partial charge in [0, 0.05) is 33.4 Å². The number of sulfonamides is 1. The van der Waals surface area contributed by atoms with Gasteiger partial charge >= 0.3 is 0 Å². The van der Waals surface area contributed by atoms with Crippen molar-refractivity contribution >= 4 is 49.1 Å². The lowest BCUT2D eigenvalue weighted by atomic mass is 10.1. The van der Waals surface area contributed by atoms with Gasteiger partial charge in [-0.1, -0.05) is 18.2 Å². The first-order chi connectivity index (χ1) is 16.8. The molecule has 1 aliphatic heterocycles. The summed E-state index contributed by atoms with van der Waals surface area (Å²) in [6.45, 7) is 2.21. The van der Waals surface area contributed by atoms with E-state index in [2.05, 4.69) is 41.8 Å². The lowest BCUT2D eigenvalue weighted by Gasteiger charge is -2.24. The van der Waals surface area contributed by atoms with Gasteiger partial charge in [-0.05, 0) is 45.8 Å². The van der Waals surface area contributed by atoms with Crippen molar-refractivity contribution in [1.82, 2.24) is 19.6 Å². The molecule has 10 nitrogen and oxygen atoms in total. The van der Waals surface area contributed by atoms with Gasteiger partial charge in [-0.15, -0.1) is 0 Å². The van der Waals surface area contributed by atoms with Crippen LogP contribution in [0.2, 0.25) is 0 Å². The van der Waals surface area contributed by atoms with E-state index in [0.717, 1.165) is 18.7 Å². The van der Waals surface area contributed by atoms with Crippen molar-refractivity contribution in [1.29, 1.82) is 0 Å². The summed E-state index contributed by atoms with van der Waals surface area (Å²) in [5, 5.41) is 9.65. The van der Waals surface area contributed by atoms with E-state index in [1.807, 2.05) is 18.2 Å². The molecule has 0 spiro atoms. The number of nitrogens with zero attached hydrogens (tertiary/aromatic N) is 3. The quantitative estimate of drug-likeness (QED) is 0.378. The first-order valence-electron chi connectivity index (χ1n) is 10.9. The topological polar surface area (TPSA) is 118 Å². The normalized spacial score (nSPS) is 16.2. The fourth-order valence-electron chi connectivity index (χ4n) is 3.56. The average molecular weight is 563 g/mol. The third-order valence-electron chi connectivity index (χ3n) is 5.41. The minimum absolute atomic E-state index is 0.0617. The number of morpholine rings is 1. The van der Waals surface area contributed by atoms with Crippen LogP contribution in [0.4, 0.5) is 23.1 Å². The number of anilines is 4. The van der Waals surface area contributed by atoms with Gasteiger partial charge in [-0.2, -0.15) is 4.98 Å².